The maximum absolute atomic E-state index is 11.0. The molecule has 0 saturated heterocycles. The van der Waals surface area contributed by atoms with Crippen LogP contribution in [0.4, 0.5) is 0 Å². The number of hydrogen-bond donors (Lipinski definition) is 3. The minimum atomic E-state index is -3.06. The molecule has 1 aromatic rings. The van der Waals surface area contributed by atoms with E-state index in [-0.39, 0.29) is 6.61 Å². The molecule has 1 aromatic carbocycles. The van der Waals surface area contributed by atoms with Crippen molar-refractivity contribution in [1.82, 2.24) is 0 Å². The maximum atomic E-state index is 11.0. The van der Waals surface area contributed by atoms with E-state index >= 15 is 0 Å². The quantitative estimate of drug-likeness (QED) is 0.337. The molecule has 27 heavy (non-hydrogen) atoms. The largest absolute Gasteiger partial charge is 0.411 e. The van der Waals surface area contributed by atoms with Crippen LogP contribution in [0.1, 0.15) is 33.6 Å². The third-order valence-corrected chi connectivity index (χ3v) is 12.4. The summed E-state index contributed by atoms with van der Waals surface area (Å²) in [7, 11) is -3.99. The average molecular weight is 417 g/mol. The average Bonchev–Trinajstić information content (AvgIpc) is 2.61. The molecule has 6 nitrogen and oxygen atoms in total. The fourth-order valence-electron chi connectivity index (χ4n) is 2.87. The molecular weight excluding hydrogens is 380 g/mol. The van der Waals surface area contributed by atoms with Crippen LogP contribution in [0.3, 0.4) is 0 Å². The van der Waals surface area contributed by atoms with Gasteiger partial charge < -0.3 is 28.3 Å². The first-order valence-electron chi connectivity index (χ1n) is 9.60. The first-order valence-corrected chi connectivity index (χ1v) is 14.2. The van der Waals surface area contributed by atoms with Gasteiger partial charge in [-0.3, -0.25) is 0 Å². The minimum absolute atomic E-state index is 0.0668. The Morgan fingerprint density at radius 1 is 1.19 bits per heavy atom. The van der Waals surface area contributed by atoms with Crippen molar-refractivity contribution in [2.24, 2.45) is 0 Å². The van der Waals surface area contributed by atoms with Crippen LogP contribution in [0.25, 0.3) is 0 Å². The van der Waals surface area contributed by atoms with Crippen molar-refractivity contribution in [2.45, 2.75) is 64.0 Å². The molecule has 0 aliphatic rings. The Labute approximate surface area is 165 Å². The second kappa shape index (κ2) is 10.8. The number of rotatable bonds is 13. The van der Waals surface area contributed by atoms with Gasteiger partial charge in [0.25, 0.3) is 0 Å². The van der Waals surface area contributed by atoms with Crippen LogP contribution in [0.15, 0.2) is 30.3 Å². The summed E-state index contributed by atoms with van der Waals surface area (Å²) < 4.78 is 17.8. The van der Waals surface area contributed by atoms with Gasteiger partial charge in [0, 0.05) is 13.7 Å². The zero-order valence-corrected chi connectivity index (χ0v) is 19.3. The molecule has 8 heteroatoms. The van der Waals surface area contributed by atoms with E-state index in [2.05, 4.69) is 6.92 Å². The predicted molar refractivity (Wildman–Crippen MR) is 111 cm³/mol. The van der Waals surface area contributed by atoms with Gasteiger partial charge in [-0.25, -0.2) is 0 Å². The molecule has 156 valence electrons. The summed E-state index contributed by atoms with van der Waals surface area (Å²) in [4.78, 5) is 11.0. The van der Waals surface area contributed by atoms with E-state index in [0.29, 0.717) is 19.1 Å². The van der Waals surface area contributed by atoms with E-state index < -0.39 is 28.8 Å². The van der Waals surface area contributed by atoms with Gasteiger partial charge in [-0.1, -0.05) is 43.7 Å². The lowest BCUT2D eigenvalue weighted by Gasteiger charge is -2.36. The molecule has 1 rings (SSSR count). The highest BCUT2D eigenvalue weighted by molar-refractivity contribution is 6.87. The molecule has 0 bridgehead atoms. The van der Waals surface area contributed by atoms with Gasteiger partial charge in [-0.2, -0.15) is 0 Å². The molecule has 0 aliphatic carbocycles. The Hall–Kier alpha value is -0.586. The molecule has 0 heterocycles. The van der Waals surface area contributed by atoms with Gasteiger partial charge in [0.15, 0.2) is 0 Å². The SMILES string of the molecule is CCC[Si](CCCOCC(C)(O)C(C)O)(OC)O[Si](C)(O)c1ccccc1. The molecule has 0 amide bonds. The van der Waals surface area contributed by atoms with Crippen molar-refractivity contribution in [3.63, 3.8) is 0 Å². The smallest absolute Gasteiger partial charge is 0.357 e. The molecule has 4 unspecified atom stereocenters. The Balaban J connectivity index is 2.68. The van der Waals surface area contributed by atoms with Crippen LogP contribution >= 0.6 is 0 Å². The topological polar surface area (TPSA) is 88.4 Å². The normalized spacial score (nSPS) is 19.7. The maximum Gasteiger partial charge on any atom is 0.357 e. The monoisotopic (exact) mass is 416 g/mol. The van der Waals surface area contributed by atoms with Gasteiger partial charge in [0.2, 0.25) is 0 Å². The van der Waals surface area contributed by atoms with Crippen molar-refractivity contribution in [3.05, 3.63) is 30.3 Å². The van der Waals surface area contributed by atoms with E-state index in [9.17, 15) is 15.0 Å². The van der Waals surface area contributed by atoms with E-state index in [1.54, 1.807) is 20.6 Å². The summed E-state index contributed by atoms with van der Waals surface area (Å²) in [6.07, 6.45) is 0.756. The first kappa shape index (κ1) is 24.5. The van der Waals surface area contributed by atoms with Crippen LogP contribution in [0.5, 0.6) is 0 Å². The van der Waals surface area contributed by atoms with E-state index in [1.807, 2.05) is 30.3 Å². The number of benzene rings is 1. The van der Waals surface area contributed by atoms with Gasteiger partial charge in [0.05, 0.1) is 12.7 Å². The van der Waals surface area contributed by atoms with Crippen LogP contribution in [-0.2, 0) is 13.3 Å². The van der Waals surface area contributed by atoms with Crippen LogP contribution in [0.2, 0.25) is 18.6 Å². The zero-order valence-electron chi connectivity index (χ0n) is 17.3. The third kappa shape index (κ3) is 7.74. The molecule has 0 fully saturated rings. The highest BCUT2D eigenvalue weighted by Gasteiger charge is 2.44. The molecule has 0 aromatic heterocycles. The lowest BCUT2D eigenvalue weighted by molar-refractivity contribution is -0.102. The highest BCUT2D eigenvalue weighted by atomic mass is 28.5. The van der Waals surface area contributed by atoms with Crippen LogP contribution in [0, 0.1) is 0 Å². The third-order valence-electron chi connectivity index (χ3n) is 4.84. The minimum Gasteiger partial charge on any atom is -0.411 e. The molecule has 0 aliphatic heterocycles. The fraction of sp³-hybridized carbons (Fsp3) is 0.684. The molecule has 0 saturated carbocycles. The van der Waals surface area contributed by atoms with Crippen molar-refractivity contribution in [2.75, 3.05) is 20.3 Å². The van der Waals surface area contributed by atoms with E-state index in [4.69, 9.17) is 13.3 Å². The predicted octanol–water partition coefficient (Wildman–Crippen LogP) is 2.01. The van der Waals surface area contributed by atoms with Crippen LogP contribution in [-0.4, -0.2) is 64.2 Å². The van der Waals surface area contributed by atoms with Crippen molar-refractivity contribution in [1.29, 1.82) is 0 Å². The first-order chi connectivity index (χ1) is 12.6. The van der Waals surface area contributed by atoms with Gasteiger partial charge in [-0.15, -0.1) is 0 Å². The fourth-order valence-corrected chi connectivity index (χ4v) is 10.3. The summed E-state index contributed by atoms with van der Waals surface area (Å²) in [6, 6.07) is 11.0. The Morgan fingerprint density at radius 2 is 1.81 bits per heavy atom. The van der Waals surface area contributed by atoms with Crippen molar-refractivity contribution < 1.29 is 28.3 Å². The van der Waals surface area contributed by atoms with Crippen molar-refractivity contribution in [3.8, 4) is 0 Å². The highest BCUT2D eigenvalue weighted by Crippen LogP contribution is 2.26. The Bertz CT molecular complexity index is 538. The number of aliphatic hydroxyl groups is 2. The second-order valence-corrected chi connectivity index (χ2v) is 14.1. The Kier molecular flexibility index (Phi) is 9.80. The number of aliphatic hydroxyl groups excluding tert-OH is 1. The van der Waals surface area contributed by atoms with Gasteiger partial charge >= 0.3 is 17.1 Å². The summed E-state index contributed by atoms with van der Waals surface area (Å²) in [5.74, 6) is 0. The molecule has 0 spiro atoms. The van der Waals surface area contributed by atoms with Gasteiger partial charge in [0.1, 0.15) is 5.60 Å². The second-order valence-electron chi connectivity index (χ2n) is 7.51. The number of ether oxygens (including phenoxy) is 1. The summed E-state index contributed by atoms with van der Waals surface area (Å²) in [6.45, 7) is 7.46. The summed E-state index contributed by atoms with van der Waals surface area (Å²) in [5.41, 5.74) is -1.26. The number of hydrogen-bond acceptors (Lipinski definition) is 6. The van der Waals surface area contributed by atoms with E-state index in [0.717, 1.165) is 17.7 Å². The van der Waals surface area contributed by atoms with E-state index in [1.165, 1.54) is 6.92 Å². The van der Waals surface area contributed by atoms with Crippen molar-refractivity contribution >= 4 is 22.3 Å². The van der Waals surface area contributed by atoms with Gasteiger partial charge in [-0.05, 0) is 44.1 Å². The Morgan fingerprint density at radius 3 is 2.33 bits per heavy atom. The molecule has 0 radical (unpaired) electrons. The molecule has 4 atom stereocenters. The summed E-state index contributed by atoms with van der Waals surface area (Å²) in [5, 5.41) is 20.4. The molecule has 3 N–H and O–H groups in total. The summed E-state index contributed by atoms with van der Waals surface area (Å²) >= 11 is 0. The lowest BCUT2D eigenvalue weighted by Crippen LogP contribution is -2.58. The zero-order chi connectivity index (χ0) is 20.6. The standard InChI is InChI=1S/C19H36O6Si2/c1-6-14-27(23-4,15-10-13-24-16-19(3,21)17(2)20)25-26(5,22)18-11-8-7-9-12-18/h7-9,11-12,17,20-22H,6,10,13-16H2,1-5H3. The molecular formula is C19H36O6Si2. The lowest BCUT2D eigenvalue weighted by atomic mass is 10.0. The van der Waals surface area contributed by atoms with Crippen LogP contribution < -0.4 is 5.19 Å².